The summed E-state index contributed by atoms with van der Waals surface area (Å²) in [6.45, 7) is 0.225. The molecule has 0 spiro atoms. The van der Waals surface area contributed by atoms with E-state index < -0.39 is 0 Å². The number of nitrogens with zero attached hydrogens (tertiary/aromatic N) is 1. The van der Waals surface area contributed by atoms with Crippen LogP contribution in [0.25, 0.3) is 0 Å². The molecule has 0 heterocycles. The zero-order valence-electron chi connectivity index (χ0n) is 13.5. The van der Waals surface area contributed by atoms with E-state index in [0.29, 0.717) is 15.6 Å². The molecule has 0 aliphatic rings. The van der Waals surface area contributed by atoms with Crippen molar-refractivity contribution in [2.45, 2.75) is 0 Å². The number of anilines is 1. The molecule has 8 heteroatoms. The lowest BCUT2D eigenvalue weighted by atomic mass is 10.3. The number of likely N-dealkylation sites (N-methyl/N-ethyl adjacent to an activating group) is 3. The smallest absolute Gasteiger partial charge is 0.279 e. The number of nitrogens with one attached hydrogen (secondary N) is 3. The first kappa shape index (κ1) is 18.9. The molecular weight excluding hydrogens is 320 g/mol. The second-order valence-electron chi connectivity index (χ2n) is 5.26. The van der Waals surface area contributed by atoms with E-state index >= 15 is 0 Å². The molecule has 1 rings (SSSR count). The summed E-state index contributed by atoms with van der Waals surface area (Å²) in [6, 6.07) is 6.94. The van der Waals surface area contributed by atoms with Crippen molar-refractivity contribution in [3.63, 3.8) is 0 Å². The molecule has 0 fully saturated rings. The minimum absolute atomic E-state index is 0.00552. The van der Waals surface area contributed by atoms with Gasteiger partial charge in [-0.05, 0) is 12.1 Å². The predicted octanol–water partition coefficient (Wildman–Crippen LogP) is -1.00. The Kier molecular flexibility index (Phi) is 7.50. The Hall–Kier alpha value is -2.12. The van der Waals surface area contributed by atoms with Gasteiger partial charge in [0.05, 0.1) is 24.3 Å². The third kappa shape index (κ3) is 6.66. The topological polar surface area (TPSA) is 83.0 Å². The van der Waals surface area contributed by atoms with Gasteiger partial charge in [-0.25, -0.2) is 0 Å². The van der Waals surface area contributed by atoms with E-state index in [2.05, 4.69) is 10.6 Å². The number of quaternary nitrogens is 1. The third-order valence-corrected chi connectivity index (χ3v) is 3.48. The van der Waals surface area contributed by atoms with E-state index in [1.807, 2.05) is 0 Å². The Morgan fingerprint density at radius 3 is 2.43 bits per heavy atom. The summed E-state index contributed by atoms with van der Waals surface area (Å²) >= 11 is 5.97. The molecule has 3 N–H and O–H groups in total. The fourth-order valence-electron chi connectivity index (χ4n) is 1.87. The number of para-hydroxylation sites is 1. The Labute approximate surface area is 140 Å². The van der Waals surface area contributed by atoms with Crippen molar-refractivity contribution >= 4 is 35.0 Å². The second kappa shape index (κ2) is 9.12. The largest absolute Gasteiger partial charge is 0.358 e. The van der Waals surface area contributed by atoms with E-state index in [1.165, 1.54) is 11.9 Å². The van der Waals surface area contributed by atoms with Crippen LogP contribution in [0.2, 0.25) is 5.02 Å². The number of halogens is 1. The maximum atomic E-state index is 12.0. The minimum Gasteiger partial charge on any atom is -0.358 e. The van der Waals surface area contributed by atoms with Gasteiger partial charge in [0.2, 0.25) is 5.91 Å². The van der Waals surface area contributed by atoms with Crippen molar-refractivity contribution in [2.24, 2.45) is 0 Å². The maximum absolute atomic E-state index is 12.0. The van der Waals surface area contributed by atoms with Crippen molar-refractivity contribution in [3.8, 4) is 0 Å². The van der Waals surface area contributed by atoms with Crippen LogP contribution in [0.3, 0.4) is 0 Å². The lowest BCUT2D eigenvalue weighted by Crippen LogP contribution is -3.11. The molecule has 0 saturated carbocycles. The molecule has 7 nitrogen and oxygen atoms in total. The van der Waals surface area contributed by atoms with Gasteiger partial charge in [0, 0.05) is 14.1 Å². The highest BCUT2D eigenvalue weighted by atomic mass is 35.5. The zero-order valence-corrected chi connectivity index (χ0v) is 14.2. The van der Waals surface area contributed by atoms with Crippen LogP contribution in [-0.2, 0) is 14.4 Å². The van der Waals surface area contributed by atoms with Gasteiger partial charge in [0.25, 0.3) is 11.8 Å². The first-order valence-electron chi connectivity index (χ1n) is 7.13. The molecule has 0 aliphatic heterocycles. The Morgan fingerprint density at radius 2 is 1.83 bits per heavy atom. The van der Waals surface area contributed by atoms with Crippen LogP contribution in [0, 0.1) is 0 Å². The number of hydrogen-bond donors (Lipinski definition) is 3. The van der Waals surface area contributed by atoms with E-state index in [9.17, 15) is 14.4 Å². The Balaban J connectivity index is 2.45. The number of benzene rings is 1. The lowest BCUT2D eigenvalue weighted by molar-refractivity contribution is -0.862. The molecule has 0 saturated heterocycles. The molecule has 126 valence electrons. The molecular formula is C15H22ClN4O3+. The first-order chi connectivity index (χ1) is 10.8. The fraction of sp³-hybridized carbons (Fsp3) is 0.400. The normalized spacial score (nSPS) is 11.5. The zero-order chi connectivity index (χ0) is 17.4. The van der Waals surface area contributed by atoms with Crippen molar-refractivity contribution in [1.29, 1.82) is 0 Å². The third-order valence-electron chi connectivity index (χ3n) is 3.15. The average molecular weight is 342 g/mol. The van der Waals surface area contributed by atoms with E-state index in [4.69, 9.17) is 11.6 Å². The number of amides is 3. The molecule has 3 amide bonds. The van der Waals surface area contributed by atoms with Crippen LogP contribution >= 0.6 is 11.6 Å². The highest BCUT2D eigenvalue weighted by Crippen LogP contribution is 2.19. The van der Waals surface area contributed by atoms with Crippen LogP contribution in [0.15, 0.2) is 24.3 Å². The molecule has 23 heavy (non-hydrogen) atoms. The van der Waals surface area contributed by atoms with Gasteiger partial charge < -0.3 is 20.4 Å². The van der Waals surface area contributed by atoms with Crippen LogP contribution in [0.5, 0.6) is 0 Å². The van der Waals surface area contributed by atoms with Crippen LogP contribution in [0.1, 0.15) is 0 Å². The van der Waals surface area contributed by atoms with Gasteiger partial charge in [-0.2, -0.15) is 0 Å². The maximum Gasteiger partial charge on any atom is 0.279 e. The second-order valence-corrected chi connectivity index (χ2v) is 5.67. The summed E-state index contributed by atoms with van der Waals surface area (Å²) in [4.78, 5) is 37.2. The van der Waals surface area contributed by atoms with Crippen molar-refractivity contribution in [2.75, 3.05) is 46.1 Å². The molecule has 1 atom stereocenters. The lowest BCUT2D eigenvalue weighted by Gasteiger charge is -2.19. The van der Waals surface area contributed by atoms with Gasteiger partial charge in [-0.15, -0.1) is 0 Å². The summed E-state index contributed by atoms with van der Waals surface area (Å²) < 4.78 is 0. The predicted molar refractivity (Wildman–Crippen MR) is 88.4 cm³/mol. The molecule has 1 aromatic carbocycles. The van der Waals surface area contributed by atoms with Gasteiger partial charge in [-0.3, -0.25) is 14.4 Å². The van der Waals surface area contributed by atoms with Gasteiger partial charge >= 0.3 is 0 Å². The van der Waals surface area contributed by atoms with Gasteiger partial charge in [-0.1, -0.05) is 23.7 Å². The quantitative estimate of drug-likeness (QED) is 0.595. The average Bonchev–Trinajstić information content (AvgIpc) is 2.49. The number of carbonyl (C=O) groups is 3. The molecule has 0 bridgehead atoms. The summed E-state index contributed by atoms with van der Waals surface area (Å²) in [6.07, 6.45) is 0. The summed E-state index contributed by atoms with van der Waals surface area (Å²) in [5, 5.41) is 5.62. The summed E-state index contributed by atoms with van der Waals surface area (Å²) in [5.74, 6) is -0.691. The number of carbonyl (C=O) groups excluding carboxylic acids is 3. The highest BCUT2D eigenvalue weighted by Gasteiger charge is 2.19. The van der Waals surface area contributed by atoms with E-state index in [0.717, 1.165) is 0 Å². The Bertz CT molecular complexity index is 580. The first-order valence-corrected chi connectivity index (χ1v) is 7.51. The molecule has 1 unspecified atom stereocenters. The van der Waals surface area contributed by atoms with Gasteiger partial charge in [0.15, 0.2) is 13.1 Å². The van der Waals surface area contributed by atoms with E-state index in [-0.39, 0.29) is 37.4 Å². The summed E-state index contributed by atoms with van der Waals surface area (Å²) in [5.41, 5.74) is 0.537. The van der Waals surface area contributed by atoms with Crippen molar-refractivity contribution < 1.29 is 19.3 Å². The Morgan fingerprint density at radius 1 is 1.17 bits per heavy atom. The molecule has 0 aliphatic carbocycles. The monoisotopic (exact) mass is 341 g/mol. The fourth-order valence-corrected chi connectivity index (χ4v) is 2.05. The van der Waals surface area contributed by atoms with Gasteiger partial charge in [0.1, 0.15) is 0 Å². The van der Waals surface area contributed by atoms with Crippen LogP contribution < -0.4 is 15.5 Å². The van der Waals surface area contributed by atoms with Crippen LogP contribution in [-0.4, -0.2) is 63.4 Å². The minimum atomic E-state index is -0.241. The SMILES string of the molecule is CNC(=O)CN(C)C(=O)C[NH+](C)CC(=O)Nc1ccccc1Cl. The van der Waals surface area contributed by atoms with Crippen molar-refractivity contribution in [3.05, 3.63) is 29.3 Å². The number of hydrogen-bond acceptors (Lipinski definition) is 3. The summed E-state index contributed by atoms with van der Waals surface area (Å²) in [7, 11) is 4.80. The standard InChI is InChI=1S/C15H21ClN4O3/c1-17-13(21)9-20(3)15(23)10-19(2)8-14(22)18-12-7-5-4-6-11(12)16/h4-7H,8-10H2,1-3H3,(H,17,21)(H,18,22)/p+1. The van der Waals surface area contributed by atoms with Crippen LogP contribution in [0.4, 0.5) is 5.69 Å². The molecule has 0 radical (unpaired) electrons. The number of rotatable bonds is 7. The van der Waals surface area contributed by atoms with E-state index in [1.54, 1.807) is 38.4 Å². The van der Waals surface area contributed by atoms with Crippen molar-refractivity contribution in [1.82, 2.24) is 10.2 Å². The molecule has 1 aromatic rings. The molecule has 0 aromatic heterocycles. The highest BCUT2D eigenvalue weighted by molar-refractivity contribution is 6.33.